The maximum Gasteiger partial charge on any atom is 0.240 e. The normalized spacial score (nSPS) is 22.3. The van der Waals surface area contributed by atoms with Crippen molar-refractivity contribution in [1.82, 2.24) is 19.7 Å². The molecule has 3 atom stereocenters. The molecule has 2 N–H and O–H groups in total. The number of carbonyl (C=O) groups excluding carboxylic acids is 1. The zero-order valence-electron chi connectivity index (χ0n) is 15.0. The van der Waals surface area contributed by atoms with Gasteiger partial charge in [-0.05, 0) is 31.7 Å². The number of pyridine rings is 1. The maximum atomic E-state index is 12.4. The van der Waals surface area contributed by atoms with Crippen molar-refractivity contribution >= 4 is 5.91 Å². The van der Waals surface area contributed by atoms with Crippen LogP contribution >= 0.6 is 0 Å². The molecule has 0 aliphatic heterocycles. The number of carbonyl (C=O) groups is 1. The van der Waals surface area contributed by atoms with Gasteiger partial charge in [0.15, 0.2) is 5.75 Å². The summed E-state index contributed by atoms with van der Waals surface area (Å²) in [5.74, 6) is 0.260. The van der Waals surface area contributed by atoms with E-state index in [0.29, 0.717) is 18.5 Å². The molecule has 1 aliphatic rings. The summed E-state index contributed by atoms with van der Waals surface area (Å²) in [5.41, 5.74) is 0.462. The molecule has 2 aromatic rings. The minimum Gasteiger partial charge on any atom is -0.491 e. The van der Waals surface area contributed by atoms with Crippen LogP contribution in [0.3, 0.4) is 0 Å². The van der Waals surface area contributed by atoms with E-state index in [4.69, 9.17) is 4.74 Å². The van der Waals surface area contributed by atoms with Gasteiger partial charge < -0.3 is 19.7 Å². The zero-order valence-corrected chi connectivity index (χ0v) is 15.0. The molecule has 0 saturated heterocycles. The number of aliphatic hydroxyl groups excluding tert-OH is 1. The Morgan fingerprint density at radius 3 is 2.96 bits per heavy atom. The van der Waals surface area contributed by atoms with Gasteiger partial charge in [-0.15, -0.1) is 0 Å². The van der Waals surface area contributed by atoms with E-state index in [-0.39, 0.29) is 35.6 Å². The molecule has 1 fully saturated rings. The maximum absolute atomic E-state index is 12.4. The molecule has 1 aliphatic carbocycles. The second-order valence-electron chi connectivity index (χ2n) is 6.78. The lowest BCUT2D eigenvalue weighted by Gasteiger charge is -2.18. The van der Waals surface area contributed by atoms with Gasteiger partial charge in [0, 0.05) is 30.7 Å². The van der Waals surface area contributed by atoms with Crippen LogP contribution in [0.1, 0.15) is 18.5 Å². The Morgan fingerprint density at radius 1 is 1.46 bits per heavy atom. The van der Waals surface area contributed by atoms with Crippen LogP contribution in [-0.2, 0) is 17.9 Å². The summed E-state index contributed by atoms with van der Waals surface area (Å²) < 4.78 is 8.53. The fourth-order valence-electron chi connectivity index (χ4n) is 3.48. The van der Waals surface area contributed by atoms with Crippen molar-refractivity contribution in [2.45, 2.75) is 45.0 Å². The Kier molecular flexibility index (Phi) is 5.41. The lowest BCUT2D eigenvalue weighted by atomic mass is 10.1. The Hall–Kier alpha value is -2.61. The molecular weight excluding hydrogens is 336 g/mol. The number of amides is 1. The molecule has 1 unspecified atom stereocenters. The van der Waals surface area contributed by atoms with E-state index in [0.717, 1.165) is 6.54 Å². The third-order valence-corrected chi connectivity index (χ3v) is 4.82. The Balaban J connectivity index is 1.59. The average molecular weight is 360 g/mol. The molecule has 0 bridgehead atoms. The Labute approximate surface area is 151 Å². The zero-order chi connectivity index (χ0) is 18.7. The number of ether oxygens (including phenoxy) is 1. The van der Waals surface area contributed by atoms with E-state index >= 15 is 0 Å². The van der Waals surface area contributed by atoms with Crippen molar-refractivity contribution in [3.05, 3.63) is 46.6 Å². The van der Waals surface area contributed by atoms with Gasteiger partial charge in [0.1, 0.15) is 6.54 Å². The highest BCUT2D eigenvalue weighted by atomic mass is 16.5. The Morgan fingerprint density at radius 2 is 2.27 bits per heavy atom. The molecule has 1 amide bonds. The molecule has 140 valence electrons. The van der Waals surface area contributed by atoms with Crippen molar-refractivity contribution in [3.63, 3.8) is 0 Å². The first-order valence-electron chi connectivity index (χ1n) is 8.66. The predicted molar refractivity (Wildman–Crippen MR) is 94.9 cm³/mol. The van der Waals surface area contributed by atoms with Gasteiger partial charge in [0.25, 0.3) is 0 Å². The van der Waals surface area contributed by atoms with Crippen LogP contribution in [0, 0.1) is 12.8 Å². The second kappa shape index (κ2) is 7.74. The number of aliphatic hydroxyl groups is 1. The van der Waals surface area contributed by atoms with Crippen molar-refractivity contribution in [1.29, 1.82) is 0 Å². The number of aromatic nitrogens is 3. The molecule has 8 nitrogen and oxygen atoms in total. The first kappa shape index (κ1) is 18.2. The summed E-state index contributed by atoms with van der Waals surface area (Å²) in [6, 6.07) is 3.03. The number of hydrogen-bond donors (Lipinski definition) is 2. The van der Waals surface area contributed by atoms with Gasteiger partial charge in [0.2, 0.25) is 11.3 Å². The quantitative estimate of drug-likeness (QED) is 0.773. The molecule has 26 heavy (non-hydrogen) atoms. The van der Waals surface area contributed by atoms with Gasteiger partial charge in [0.05, 0.1) is 25.5 Å². The largest absolute Gasteiger partial charge is 0.491 e. The molecule has 8 heteroatoms. The summed E-state index contributed by atoms with van der Waals surface area (Å²) in [6.45, 7) is 2.56. The molecule has 3 rings (SSSR count). The lowest BCUT2D eigenvalue weighted by Crippen LogP contribution is -2.41. The number of methoxy groups -OCH3 is 1. The molecule has 1 saturated carbocycles. The lowest BCUT2D eigenvalue weighted by molar-refractivity contribution is -0.123. The molecular formula is C18H24N4O4. The number of rotatable bonds is 6. The second-order valence-corrected chi connectivity index (χ2v) is 6.78. The topological polar surface area (TPSA) is 98.4 Å². The van der Waals surface area contributed by atoms with E-state index in [1.54, 1.807) is 17.7 Å². The first-order chi connectivity index (χ1) is 12.5. The van der Waals surface area contributed by atoms with Crippen LogP contribution in [0.2, 0.25) is 0 Å². The highest BCUT2D eigenvalue weighted by Crippen LogP contribution is 2.27. The van der Waals surface area contributed by atoms with Crippen molar-refractivity contribution < 1.29 is 14.6 Å². The fourth-order valence-corrected chi connectivity index (χ4v) is 3.48. The third-order valence-electron chi connectivity index (χ3n) is 4.82. The highest BCUT2D eigenvalue weighted by Gasteiger charge is 2.34. The smallest absolute Gasteiger partial charge is 0.240 e. The highest BCUT2D eigenvalue weighted by molar-refractivity contribution is 5.76. The van der Waals surface area contributed by atoms with Crippen molar-refractivity contribution in [3.8, 4) is 5.75 Å². The van der Waals surface area contributed by atoms with Crippen LogP contribution in [0.25, 0.3) is 0 Å². The molecule has 0 spiro atoms. The molecule has 2 aromatic heterocycles. The van der Waals surface area contributed by atoms with Gasteiger partial charge >= 0.3 is 0 Å². The Bertz CT molecular complexity index is 815. The molecule has 2 heterocycles. The molecule has 0 aromatic carbocycles. The minimum absolute atomic E-state index is 0.0650. The van der Waals surface area contributed by atoms with Crippen molar-refractivity contribution in [2.24, 2.45) is 5.92 Å². The van der Waals surface area contributed by atoms with Gasteiger partial charge in [-0.2, -0.15) is 5.10 Å². The van der Waals surface area contributed by atoms with Crippen molar-refractivity contribution in [2.75, 3.05) is 7.11 Å². The first-order valence-corrected chi connectivity index (χ1v) is 8.66. The van der Waals surface area contributed by atoms with E-state index in [1.807, 2.05) is 16.9 Å². The number of hydrogen-bond acceptors (Lipinski definition) is 5. The van der Waals surface area contributed by atoms with Crippen LogP contribution in [0.15, 0.2) is 35.5 Å². The van der Waals surface area contributed by atoms with Crippen LogP contribution < -0.4 is 15.5 Å². The fraction of sp³-hybridized carbons (Fsp3) is 0.500. The van der Waals surface area contributed by atoms with Gasteiger partial charge in [-0.3, -0.25) is 14.3 Å². The average Bonchev–Trinajstić information content (AvgIpc) is 3.20. The third kappa shape index (κ3) is 4.13. The van der Waals surface area contributed by atoms with Gasteiger partial charge in [-0.1, -0.05) is 0 Å². The van der Waals surface area contributed by atoms with Crippen LogP contribution in [0.5, 0.6) is 5.75 Å². The standard InChI is InChI=1S/C18H24N4O4/c1-12-6-16(24)17(26-2)10-21(12)11-18(25)20-14-7-13(8-15(14)23)9-22-5-3-4-19-22/h3-6,10,13-15,23H,7-9,11H2,1-2H3,(H,20,25)/t13?,14-,15-/m1/s1. The number of nitrogens with one attached hydrogen (secondary N) is 1. The number of nitrogens with zero attached hydrogens (tertiary/aromatic N) is 3. The summed E-state index contributed by atoms with van der Waals surface area (Å²) in [6.07, 6.45) is 5.93. The van der Waals surface area contributed by atoms with E-state index in [1.165, 1.54) is 19.4 Å². The SMILES string of the molecule is COc1cn(CC(=O)N[C@@H]2CC(Cn3cccn3)C[C@H]2O)c(C)cc1=O. The van der Waals surface area contributed by atoms with E-state index in [2.05, 4.69) is 10.4 Å². The predicted octanol–water partition coefficient (Wildman–Crippen LogP) is 0.318. The minimum atomic E-state index is -0.566. The van der Waals surface area contributed by atoms with Crippen LogP contribution in [-0.4, -0.2) is 44.6 Å². The monoisotopic (exact) mass is 360 g/mol. The summed E-state index contributed by atoms with van der Waals surface area (Å²) in [4.78, 5) is 24.1. The van der Waals surface area contributed by atoms with Crippen LogP contribution in [0.4, 0.5) is 0 Å². The van der Waals surface area contributed by atoms with Gasteiger partial charge in [-0.25, -0.2) is 0 Å². The van der Waals surface area contributed by atoms with E-state index in [9.17, 15) is 14.7 Å². The molecule has 0 radical (unpaired) electrons. The summed E-state index contributed by atoms with van der Waals surface area (Å²) in [7, 11) is 1.42. The summed E-state index contributed by atoms with van der Waals surface area (Å²) in [5, 5.41) is 17.4. The summed E-state index contributed by atoms with van der Waals surface area (Å²) >= 11 is 0. The number of aryl methyl sites for hydroxylation is 1. The van der Waals surface area contributed by atoms with E-state index < -0.39 is 6.10 Å².